The SMILES string of the molecule is CC(C)COCC(O)CSc1nnc(-c2ccccc2Cl)n1Cc1ccccc1. The molecule has 0 aliphatic heterocycles. The Morgan fingerprint density at radius 1 is 1.03 bits per heavy atom. The van der Waals surface area contributed by atoms with Crippen LogP contribution >= 0.6 is 23.4 Å². The molecular formula is C22H26ClN3O2S. The zero-order valence-electron chi connectivity index (χ0n) is 16.7. The minimum atomic E-state index is -0.565. The van der Waals surface area contributed by atoms with Crippen molar-refractivity contribution in [3.63, 3.8) is 0 Å². The zero-order chi connectivity index (χ0) is 20.6. The molecule has 0 fully saturated rings. The van der Waals surface area contributed by atoms with Crippen molar-refractivity contribution < 1.29 is 9.84 Å². The van der Waals surface area contributed by atoms with Gasteiger partial charge >= 0.3 is 0 Å². The van der Waals surface area contributed by atoms with Crippen LogP contribution in [0.1, 0.15) is 19.4 Å². The van der Waals surface area contributed by atoms with Gasteiger partial charge in [0.1, 0.15) is 0 Å². The molecule has 0 aliphatic carbocycles. The second kappa shape index (κ2) is 10.8. The number of aromatic nitrogens is 3. The highest BCUT2D eigenvalue weighted by atomic mass is 35.5. The summed E-state index contributed by atoms with van der Waals surface area (Å²) in [5.41, 5.74) is 1.98. The van der Waals surface area contributed by atoms with Crippen LogP contribution in [0, 0.1) is 5.92 Å². The molecule has 1 N–H and O–H groups in total. The van der Waals surface area contributed by atoms with Crippen LogP contribution in [-0.2, 0) is 11.3 Å². The van der Waals surface area contributed by atoms with Gasteiger partial charge in [-0.3, -0.25) is 4.57 Å². The molecule has 29 heavy (non-hydrogen) atoms. The third kappa shape index (κ3) is 6.31. The number of benzene rings is 2. The van der Waals surface area contributed by atoms with Crippen molar-refractivity contribution in [1.82, 2.24) is 14.8 Å². The van der Waals surface area contributed by atoms with E-state index in [0.717, 1.165) is 16.3 Å². The predicted octanol–water partition coefficient (Wildman–Crippen LogP) is 4.77. The van der Waals surface area contributed by atoms with Gasteiger partial charge in [-0.15, -0.1) is 10.2 Å². The lowest BCUT2D eigenvalue weighted by molar-refractivity contribution is 0.0364. The Bertz CT molecular complexity index is 902. The fourth-order valence-corrected chi connectivity index (χ4v) is 3.87. The van der Waals surface area contributed by atoms with E-state index in [4.69, 9.17) is 16.3 Å². The molecule has 0 radical (unpaired) electrons. The number of halogens is 1. The van der Waals surface area contributed by atoms with E-state index in [-0.39, 0.29) is 0 Å². The highest BCUT2D eigenvalue weighted by Crippen LogP contribution is 2.30. The highest BCUT2D eigenvalue weighted by Gasteiger charge is 2.18. The summed E-state index contributed by atoms with van der Waals surface area (Å²) < 4.78 is 7.58. The fourth-order valence-electron chi connectivity index (χ4n) is 2.80. The second-order valence-electron chi connectivity index (χ2n) is 7.25. The molecule has 0 saturated carbocycles. The summed E-state index contributed by atoms with van der Waals surface area (Å²) >= 11 is 7.88. The topological polar surface area (TPSA) is 60.2 Å². The smallest absolute Gasteiger partial charge is 0.191 e. The van der Waals surface area contributed by atoms with Crippen LogP contribution < -0.4 is 0 Å². The molecule has 1 atom stereocenters. The first-order chi connectivity index (χ1) is 14.0. The molecule has 2 aromatic carbocycles. The number of ether oxygens (including phenoxy) is 1. The van der Waals surface area contributed by atoms with Gasteiger partial charge in [-0.1, -0.05) is 79.7 Å². The largest absolute Gasteiger partial charge is 0.390 e. The number of rotatable bonds is 10. The molecule has 0 amide bonds. The summed E-state index contributed by atoms with van der Waals surface area (Å²) in [6.07, 6.45) is -0.565. The first-order valence-electron chi connectivity index (χ1n) is 9.65. The third-order valence-corrected chi connectivity index (χ3v) is 5.62. The van der Waals surface area contributed by atoms with Gasteiger partial charge in [-0.2, -0.15) is 0 Å². The summed E-state index contributed by atoms with van der Waals surface area (Å²) in [5, 5.41) is 20.4. The van der Waals surface area contributed by atoms with Gasteiger partial charge in [0.05, 0.1) is 24.3 Å². The van der Waals surface area contributed by atoms with Crippen LogP contribution in [0.2, 0.25) is 5.02 Å². The van der Waals surface area contributed by atoms with Crippen LogP contribution in [0.25, 0.3) is 11.4 Å². The van der Waals surface area contributed by atoms with Crippen molar-refractivity contribution in [3.05, 3.63) is 65.2 Å². The maximum Gasteiger partial charge on any atom is 0.191 e. The van der Waals surface area contributed by atoms with E-state index in [9.17, 15) is 5.11 Å². The Morgan fingerprint density at radius 3 is 2.48 bits per heavy atom. The van der Waals surface area contributed by atoms with Crippen molar-refractivity contribution in [2.24, 2.45) is 5.92 Å². The van der Waals surface area contributed by atoms with Gasteiger partial charge < -0.3 is 9.84 Å². The molecule has 0 bridgehead atoms. The molecule has 7 heteroatoms. The maximum atomic E-state index is 10.2. The van der Waals surface area contributed by atoms with E-state index in [1.807, 2.05) is 47.0 Å². The molecule has 1 aromatic heterocycles. The Labute approximate surface area is 181 Å². The summed E-state index contributed by atoms with van der Waals surface area (Å²) in [7, 11) is 0. The molecule has 3 rings (SSSR count). The van der Waals surface area contributed by atoms with Crippen LogP contribution in [0.3, 0.4) is 0 Å². The quantitative estimate of drug-likeness (QED) is 0.468. The van der Waals surface area contributed by atoms with Gasteiger partial charge in [-0.25, -0.2) is 0 Å². The van der Waals surface area contributed by atoms with Gasteiger partial charge in [0.2, 0.25) is 0 Å². The minimum Gasteiger partial charge on any atom is -0.390 e. The Kier molecular flexibility index (Phi) is 8.12. The number of hydrogen-bond acceptors (Lipinski definition) is 5. The lowest BCUT2D eigenvalue weighted by atomic mass is 10.2. The molecule has 0 aliphatic rings. The summed E-state index contributed by atoms with van der Waals surface area (Å²) in [6.45, 7) is 5.75. The summed E-state index contributed by atoms with van der Waals surface area (Å²) in [5.74, 6) is 1.64. The highest BCUT2D eigenvalue weighted by molar-refractivity contribution is 7.99. The van der Waals surface area contributed by atoms with Gasteiger partial charge in [0.25, 0.3) is 0 Å². The second-order valence-corrected chi connectivity index (χ2v) is 8.65. The maximum absolute atomic E-state index is 10.2. The molecule has 0 saturated heterocycles. The number of thioether (sulfide) groups is 1. The van der Waals surface area contributed by atoms with E-state index in [1.165, 1.54) is 11.8 Å². The first kappa shape index (κ1) is 21.8. The third-order valence-electron chi connectivity index (χ3n) is 4.18. The molecule has 1 heterocycles. The van der Waals surface area contributed by atoms with E-state index in [1.54, 1.807) is 0 Å². The molecule has 0 spiro atoms. The Morgan fingerprint density at radius 2 is 1.76 bits per heavy atom. The Hall–Kier alpha value is -1.86. The van der Waals surface area contributed by atoms with Gasteiger partial charge in [0.15, 0.2) is 11.0 Å². The van der Waals surface area contributed by atoms with Crippen molar-refractivity contribution >= 4 is 23.4 Å². The summed E-state index contributed by atoms with van der Waals surface area (Å²) in [6, 6.07) is 17.8. The average molecular weight is 432 g/mol. The molecule has 154 valence electrons. The lowest BCUT2D eigenvalue weighted by Gasteiger charge is -2.14. The van der Waals surface area contributed by atoms with E-state index in [0.29, 0.717) is 42.3 Å². The van der Waals surface area contributed by atoms with Crippen LogP contribution in [0.5, 0.6) is 0 Å². The van der Waals surface area contributed by atoms with Crippen molar-refractivity contribution in [3.8, 4) is 11.4 Å². The van der Waals surface area contributed by atoms with Gasteiger partial charge in [-0.05, 0) is 23.6 Å². The van der Waals surface area contributed by atoms with Crippen molar-refractivity contribution in [1.29, 1.82) is 0 Å². The summed E-state index contributed by atoms with van der Waals surface area (Å²) in [4.78, 5) is 0. The van der Waals surface area contributed by atoms with E-state index < -0.39 is 6.10 Å². The van der Waals surface area contributed by atoms with E-state index in [2.05, 4.69) is 36.2 Å². The number of nitrogens with zero attached hydrogens (tertiary/aromatic N) is 3. The van der Waals surface area contributed by atoms with Crippen LogP contribution in [0.15, 0.2) is 59.8 Å². The monoisotopic (exact) mass is 431 g/mol. The number of aliphatic hydroxyl groups excluding tert-OH is 1. The minimum absolute atomic E-state index is 0.315. The van der Waals surface area contributed by atoms with Crippen LogP contribution in [0.4, 0.5) is 0 Å². The molecule has 5 nitrogen and oxygen atoms in total. The number of hydrogen-bond donors (Lipinski definition) is 1. The normalized spacial score (nSPS) is 12.4. The van der Waals surface area contributed by atoms with Crippen molar-refractivity contribution in [2.45, 2.75) is 31.7 Å². The molecule has 1 unspecified atom stereocenters. The molecular weight excluding hydrogens is 406 g/mol. The first-order valence-corrected chi connectivity index (χ1v) is 11.0. The van der Waals surface area contributed by atoms with Crippen molar-refractivity contribution in [2.75, 3.05) is 19.0 Å². The number of aliphatic hydroxyl groups is 1. The van der Waals surface area contributed by atoms with Gasteiger partial charge in [0, 0.05) is 17.9 Å². The lowest BCUT2D eigenvalue weighted by Crippen LogP contribution is -2.20. The molecule has 3 aromatic rings. The predicted molar refractivity (Wildman–Crippen MR) is 118 cm³/mol. The fraction of sp³-hybridized carbons (Fsp3) is 0.364. The van der Waals surface area contributed by atoms with Crippen LogP contribution in [-0.4, -0.2) is 44.9 Å². The zero-order valence-corrected chi connectivity index (χ0v) is 18.2. The standard InChI is InChI=1S/C22H26ClN3O2S/c1-16(2)13-28-14-18(27)15-29-22-25-24-21(19-10-6-7-11-20(19)23)26(22)12-17-8-4-3-5-9-17/h3-11,16,18,27H,12-15H2,1-2H3. The van der Waals surface area contributed by atoms with E-state index >= 15 is 0 Å². The Balaban J connectivity index is 1.79. The average Bonchev–Trinajstić information content (AvgIpc) is 3.09.